The molecular formula is C17H25NO2. The molecule has 3 nitrogen and oxygen atoms in total. The van der Waals surface area contributed by atoms with E-state index in [1.807, 2.05) is 19.1 Å². The Morgan fingerprint density at radius 2 is 1.95 bits per heavy atom. The third-order valence-corrected chi connectivity index (χ3v) is 4.49. The van der Waals surface area contributed by atoms with Crippen LogP contribution in [0.15, 0.2) is 18.2 Å². The molecule has 0 atom stereocenters. The first kappa shape index (κ1) is 13.7. The van der Waals surface area contributed by atoms with E-state index in [4.69, 9.17) is 4.74 Å². The van der Waals surface area contributed by atoms with Crippen LogP contribution in [0.4, 0.5) is 0 Å². The van der Waals surface area contributed by atoms with Crippen LogP contribution in [0.25, 0.3) is 0 Å². The Hall–Kier alpha value is -1.22. The molecule has 0 aromatic heterocycles. The minimum atomic E-state index is 0.226. The predicted octanol–water partition coefficient (Wildman–Crippen LogP) is 3.32. The predicted molar refractivity (Wildman–Crippen MR) is 79.9 cm³/mol. The van der Waals surface area contributed by atoms with Gasteiger partial charge >= 0.3 is 0 Å². The van der Waals surface area contributed by atoms with Gasteiger partial charge in [-0.15, -0.1) is 0 Å². The van der Waals surface area contributed by atoms with Crippen LogP contribution in [-0.2, 0) is 6.54 Å². The summed E-state index contributed by atoms with van der Waals surface area (Å²) in [4.78, 5) is 0. The number of benzene rings is 1. The minimum absolute atomic E-state index is 0.226. The second-order valence-electron chi connectivity index (χ2n) is 6.20. The van der Waals surface area contributed by atoms with Crippen LogP contribution < -0.4 is 10.1 Å². The van der Waals surface area contributed by atoms with Crippen molar-refractivity contribution in [3.05, 3.63) is 23.8 Å². The molecule has 0 aliphatic heterocycles. The summed E-state index contributed by atoms with van der Waals surface area (Å²) in [5.41, 5.74) is 1.18. The zero-order chi connectivity index (χ0) is 13.9. The number of rotatable bonds is 8. The number of ether oxygens (including phenoxy) is 1. The molecular weight excluding hydrogens is 250 g/mol. The molecule has 0 radical (unpaired) electrons. The first-order chi connectivity index (χ1) is 9.78. The fourth-order valence-corrected chi connectivity index (χ4v) is 3.09. The molecule has 0 bridgehead atoms. The smallest absolute Gasteiger partial charge is 0.161 e. The first-order valence-electron chi connectivity index (χ1n) is 7.93. The van der Waals surface area contributed by atoms with Gasteiger partial charge < -0.3 is 15.2 Å². The van der Waals surface area contributed by atoms with Crippen molar-refractivity contribution in [1.82, 2.24) is 5.32 Å². The molecule has 2 fully saturated rings. The third kappa shape index (κ3) is 3.45. The summed E-state index contributed by atoms with van der Waals surface area (Å²) in [5.74, 6) is 3.71. The maximum atomic E-state index is 9.70. The van der Waals surface area contributed by atoms with Crippen molar-refractivity contribution in [3.63, 3.8) is 0 Å². The lowest BCUT2D eigenvalue weighted by atomic mass is 9.98. The summed E-state index contributed by atoms with van der Waals surface area (Å²) in [6.07, 6.45) is 5.76. The maximum absolute atomic E-state index is 9.70. The SMILES string of the molecule is CCOc1cc(CNCC(C2CC2)C2CC2)ccc1O. The number of hydrogen-bond acceptors (Lipinski definition) is 3. The molecule has 3 rings (SSSR count). The fourth-order valence-electron chi connectivity index (χ4n) is 3.09. The Morgan fingerprint density at radius 1 is 1.25 bits per heavy atom. The summed E-state index contributed by atoms with van der Waals surface area (Å²) >= 11 is 0. The first-order valence-corrected chi connectivity index (χ1v) is 7.93. The summed E-state index contributed by atoms with van der Waals surface area (Å²) in [6.45, 7) is 4.51. The molecule has 1 aromatic rings. The molecule has 2 N–H and O–H groups in total. The molecule has 2 saturated carbocycles. The monoisotopic (exact) mass is 275 g/mol. The van der Waals surface area contributed by atoms with Gasteiger partial charge in [-0.2, -0.15) is 0 Å². The van der Waals surface area contributed by atoms with E-state index in [2.05, 4.69) is 5.32 Å². The zero-order valence-electron chi connectivity index (χ0n) is 12.3. The van der Waals surface area contributed by atoms with Crippen molar-refractivity contribution in [1.29, 1.82) is 0 Å². The fraction of sp³-hybridized carbons (Fsp3) is 0.647. The second-order valence-corrected chi connectivity index (χ2v) is 6.20. The largest absolute Gasteiger partial charge is 0.504 e. The van der Waals surface area contributed by atoms with Gasteiger partial charge in [-0.25, -0.2) is 0 Å². The normalized spacial score (nSPS) is 18.5. The third-order valence-electron chi connectivity index (χ3n) is 4.49. The van der Waals surface area contributed by atoms with Gasteiger partial charge in [-0.05, 0) is 74.6 Å². The van der Waals surface area contributed by atoms with Crippen LogP contribution in [0, 0.1) is 17.8 Å². The van der Waals surface area contributed by atoms with Gasteiger partial charge in [0.25, 0.3) is 0 Å². The van der Waals surface area contributed by atoms with Crippen molar-refractivity contribution in [2.24, 2.45) is 17.8 Å². The minimum Gasteiger partial charge on any atom is -0.504 e. The van der Waals surface area contributed by atoms with Gasteiger partial charge in [0.1, 0.15) is 0 Å². The van der Waals surface area contributed by atoms with Crippen LogP contribution in [-0.4, -0.2) is 18.3 Å². The van der Waals surface area contributed by atoms with Crippen LogP contribution in [0.5, 0.6) is 11.5 Å². The van der Waals surface area contributed by atoms with Crippen molar-refractivity contribution in [2.45, 2.75) is 39.2 Å². The van der Waals surface area contributed by atoms with Crippen molar-refractivity contribution < 1.29 is 9.84 Å². The van der Waals surface area contributed by atoms with Gasteiger partial charge in [-0.1, -0.05) is 6.07 Å². The van der Waals surface area contributed by atoms with Gasteiger partial charge in [0.15, 0.2) is 11.5 Å². The lowest BCUT2D eigenvalue weighted by Crippen LogP contribution is -2.25. The van der Waals surface area contributed by atoms with E-state index >= 15 is 0 Å². The molecule has 20 heavy (non-hydrogen) atoms. The summed E-state index contributed by atoms with van der Waals surface area (Å²) in [6, 6.07) is 5.63. The second kappa shape index (κ2) is 6.04. The van der Waals surface area contributed by atoms with Crippen molar-refractivity contribution in [3.8, 4) is 11.5 Å². The molecule has 0 saturated heterocycles. The van der Waals surface area contributed by atoms with E-state index in [1.54, 1.807) is 6.07 Å². The summed E-state index contributed by atoms with van der Waals surface area (Å²) in [5, 5.41) is 13.3. The highest BCUT2D eigenvalue weighted by molar-refractivity contribution is 5.41. The molecule has 1 aromatic carbocycles. The zero-order valence-corrected chi connectivity index (χ0v) is 12.3. The van der Waals surface area contributed by atoms with Gasteiger partial charge in [0.05, 0.1) is 6.61 Å². The number of nitrogens with one attached hydrogen (secondary N) is 1. The Labute approximate surface area is 121 Å². The molecule has 0 heterocycles. The molecule has 2 aliphatic rings. The lowest BCUT2D eigenvalue weighted by Gasteiger charge is -2.16. The van der Waals surface area contributed by atoms with E-state index < -0.39 is 0 Å². The Bertz CT molecular complexity index is 440. The summed E-state index contributed by atoms with van der Waals surface area (Å²) in [7, 11) is 0. The van der Waals surface area contributed by atoms with E-state index in [1.165, 1.54) is 31.2 Å². The molecule has 2 aliphatic carbocycles. The molecule has 110 valence electrons. The number of aromatic hydroxyl groups is 1. The van der Waals surface area contributed by atoms with Crippen LogP contribution in [0.1, 0.15) is 38.2 Å². The van der Waals surface area contributed by atoms with Crippen LogP contribution in [0.3, 0.4) is 0 Å². The Kier molecular flexibility index (Phi) is 4.16. The van der Waals surface area contributed by atoms with Gasteiger partial charge in [0.2, 0.25) is 0 Å². The molecule has 0 amide bonds. The standard InChI is InChI=1S/C17H25NO2/c1-2-20-17-9-12(3-8-16(17)19)10-18-11-15(13-4-5-13)14-6-7-14/h3,8-9,13-15,18-19H,2,4-7,10-11H2,1H3. The Morgan fingerprint density at radius 3 is 2.55 bits per heavy atom. The van der Waals surface area contributed by atoms with E-state index in [0.29, 0.717) is 12.4 Å². The van der Waals surface area contributed by atoms with Crippen LogP contribution >= 0.6 is 0 Å². The van der Waals surface area contributed by atoms with Crippen LogP contribution in [0.2, 0.25) is 0 Å². The molecule has 0 unspecified atom stereocenters. The highest BCUT2D eigenvalue weighted by Gasteiger charge is 2.40. The molecule has 0 spiro atoms. The number of phenols is 1. The van der Waals surface area contributed by atoms with E-state index in [-0.39, 0.29) is 5.75 Å². The lowest BCUT2D eigenvalue weighted by molar-refractivity contribution is 0.317. The van der Waals surface area contributed by atoms with Gasteiger partial charge in [0, 0.05) is 6.54 Å². The van der Waals surface area contributed by atoms with Crippen molar-refractivity contribution >= 4 is 0 Å². The quantitative estimate of drug-likeness (QED) is 0.764. The van der Waals surface area contributed by atoms with Crippen molar-refractivity contribution in [2.75, 3.05) is 13.2 Å². The Balaban J connectivity index is 1.51. The summed E-state index contributed by atoms with van der Waals surface area (Å²) < 4.78 is 5.42. The number of phenolic OH excluding ortho intramolecular Hbond substituents is 1. The molecule has 3 heteroatoms. The average Bonchev–Trinajstić information content (AvgIpc) is 3.31. The van der Waals surface area contributed by atoms with E-state index in [0.717, 1.165) is 30.8 Å². The highest BCUT2D eigenvalue weighted by atomic mass is 16.5. The maximum Gasteiger partial charge on any atom is 0.161 e. The average molecular weight is 275 g/mol. The van der Waals surface area contributed by atoms with Gasteiger partial charge in [-0.3, -0.25) is 0 Å². The van der Waals surface area contributed by atoms with E-state index in [9.17, 15) is 5.11 Å². The topological polar surface area (TPSA) is 41.5 Å². The number of hydrogen-bond donors (Lipinski definition) is 2. The highest BCUT2D eigenvalue weighted by Crippen LogP contribution is 2.48.